The molecule has 0 bridgehead atoms. The van der Waals surface area contributed by atoms with E-state index in [4.69, 9.17) is 0 Å². The second-order valence-corrected chi connectivity index (χ2v) is 3.22. The molecule has 0 fully saturated rings. The van der Waals surface area contributed by atoms with Crippen molar-refractivity contribution in [1.29, 1.82) is 0 Å². The molecule has 0 radical (unpaired) electrons. The third-order valence-electron chi connectivity index (χ3n) is 1.58. The number of halogens is 4. The average Bonchev–Trinajstić information content (AvgIpc) is 2.27. The Kier molecular flexibility index (Phi) is 14.7. The quantitative estimate of drug-likeness (QED) is 0.302. The third-order valence-corrected chi connectivity index (χ3v) is 2.04. The number of hydrogen-bond acceptors (Lipinski definition) is 0. The maximum absolute atomic E-state index is 3.42. The molecular formula is C9H6Br4Zr. The van der Waals surface area contributed by atoms with Crippen LogP contribution in [0.5, 0.6) is 0 Å². The Morgan fingerprint density at radius 3 is 2.14 bits per heavy atom. The van der Waals surface area contributed by atoms with Gasteiger partial charge in [-0.3, -0.25) is 0 Å². The van der Waals surface area contributed by atoms with Crippen molar-refractivity contribution >= 4 is 26.7 Å². The van der Waals surface area contributed by atoms with Gasteiger partial charge in [0, 0.05) is 0 Å². The largest absolute Gasteiger partial charge is 4.00 e. The van der Waals surface area contributed by atoms with Crippen LogP contribution in [-0.2, 0) is 26.2 Å². The van der Waals surface area contributed by atoms with Crippen molar-refractivity contribution in [2.45, 2.75) is 0 Å². The fourth-order valence-corrected chi connectivity index (χ4v) is 1.61. The minimum atomic E-state index is 0. The molecule has 0 aliphatic carbocycles. The number of rotatable bonds is 0. The van der Waals surface area contributed by atoms with Crippen molar-refractivity contribution in [3.8, 4) is 0 Å². The van der Waals surface area contributed by atoms with Crippen LogP contribution in [0.15, 0.2) is 40.9 Å². The van der Waals surface area contributed by atoms with Gasteiger partial charge in [0.25, 0.3) is 0 Å². The van der Waals surface area contributed by atoms with Crippen LogP contribution in [0.25, 0.3) is 10.8 Å². The van der Waals surface area contributed by atoms with E-state index >= 15 is 0 Å². The topological polar surface area (TPSA) is 0 Å². The van der Waals surface area contributed by atoms with E-state index in [1.54, 1.807) is 0 Å². The molecule has 0 nitrogen and oxygen atoms in total. The van der Waals surface area contributed by atoms with Gasteiger partial charge in [0.1, 0.15) is 0 Å². The molecule has 74 valence electrons. The van der Waals surface area contributed by atoms with Gasteiger partial charge in [0.15, 0.2) is 0 Å². The Morgan fingerprint density at radius 1 is 1.00 bits per heavy atom. The molecule has 0 heterocycles. The van der Waals surface area contributed by atoms with Crippen LogP contribution in [0.4, 0.5) is 0 Å². The summed E-state index contributed by atoms with van der Waals surface area (Å²) in [5.41, 5.74) is 0. The van der Waals surface area contributed by atoms with Crippen LogP contribution in [0.3, 0.4) is 0 Å². The maximum Gasteiger partial charge on any atom is 4.00 e. The van der Waals surface area contributed by atoms with Gasteiger partial charge in [0.05, 0.1) is 0 Å². The molecule has 0 spiro atoms. The number of fused-ring (bicyclic) bond motifs is 1. The van der Waals surface area contributed by atoms with Gasteiger partial charge in [0.2, 0.25) is 0 Å². The van der Waals surface area contributed by atoms with E-state index in [1.807, 2.05) is 0 Å². The Bertz CT molecular complexity index is 325. The summed E-state index contributed by atoms with van der Waals surface area (Å²) in [4.78, 5) is 0. The Labute approximate surface area is 143 Å². The van der Waals surface area contributed by atoms with Crippen molar-refractivity contribution < 1.29 is 77.1 Å². The fraction of sp³-hybridized carbons (Fsp3) is 0. The minimum absolute atomic E-state index is 0. The van der Waals surface area contributed by atoms with E-state index in [2.05, 4.69) is 52.3 Å². The molecule has 0 aliphatic rings. The molecule has 0 saturated heterocycles. The third kappa shape index (κ3) is 5.11. The summed E-state index contributed by atoms with van der Waals surface area (Å²) in [6, 6.07) is 12.6. The first-order valence-electron chi connectivity index (χ1n) is 3.17. The zero-order chi connectivity index (χ0) is 6.97. The zero-order valence-corrected chi connectivity index (χ0v) is 15.8. The monoisotopic (exact) mass is 520 g/mol. The predicted octanol–water partition coefficient (Wildman–Crippen LogP) is -5.67. The summed E-state index contributed by atoms with van der Waals surface area (Å²) in [7, 11) is 0. The van der Waals surface area contributed by atoms with Crippen molar-refractivity contribution in [1.82, 2.24) is 0 Å². The maximum atomic E-state index is 3.42. The van der Waals surface area contributed by atoms with E-state index in [0.29, 0.717) is 0 Å². The van der Waals surface area contributed by atoms with Crippen molar-refractivity contribution in [2.24, 2.45) is 0 Å². The number of hydrogen-bond donors (Lipinski definition) is 0. The molecule has 2 aromatic rings. The molecule has 0 saturated carbocycles. The van der Waals surface area contributed by atoms with Gasteiger partial charge in [-0.05, 0) is 0 Å². The molecule has 0 atom stereocenters. The van der Waals surface area contributed by atoms with Crippen molar-refractivity contribution in [3.63, 3.8) is 0 Å². The zero-order valence-electron chi connectivity index (χ0n) is 6.98. The standard InChI is InChI=1S/C9H6Br.3BrH.Zr/c10-9-5-7-3-1-2-4-8(7)6-9;;;;/h1-6H;3*1H;/q-1;;;;+4/p-3. The SMILES string of the molecule is Brc1cc2ccccc2[cH-]1.[Br-].[Br-].[Br-].[Zr+4]. The van der Waals surface area contributed by atoms with Gasteiger partial charge in [-0.15, -0.1) is 35.0 Å². The summed E-state index contributed by atoms with van der Waals surface area (Å²) in [5, 5.41) is 2.60. The van der Waals surface area contributed by atoms with E-state index in [-0.39, 0.29) is 77.1 Å². The molecule has 5 heteroatoms. The number of benzene rings is 1. The van der Waals surface area contributed by atoms with E-state index in [9.17, 15) is 0 Å². The van der Waals surface area contributed by atoms with Gasteiger partial charge >= 0.3 is 26.2 Å². The van der Waals surface area contributed by atoms with Crippen LogP contribution < -0.4 is 50.9 Å². The van der Waals surface area contributed by atoms with Crippen molar-refractivity contribution in [2.75, 3.05) is 0 Å². The molecule has 0 unspecified atom stereocenters. The Balaban J connectivity index is -0.000000302. The summed E-state index contributed by atoms with van der Waals surface area (Å²) < 4.78 is 1.16. The average molecular weight is 525 g/mol. The summed E-state index contributed by atoms with van der Waals surface area (Å²) >= 11 is 3.42. The van der Waals surface area contributed by atoms with Crippen LogP contribution >= 0.6 is 15.9 Å². The van der Waals surface area contributed by atoms with Crippen molar-refractivity contribution in [3.05, 3.63) is 40.9 Å². The normalized spacial score (nSPS) is 7.50. The molecular weight excluding hydrogens is 519 g/mol. The summed E-state index contributed by atoms with van der Waals surface area (Å²) in [5.74, 6) is 0. The Morgan fingerprint density at radius 2 is 1.57 bits per heavy atom. The molecule has 2 rings (SSSR count). The van der Waals surface area contributed by atoms with E-state index < -0.39 is 0 Å². The molecule has 14 heavy (non-hydrogen) atoms. The van der Waals surface area contributed by atoms with Gasteiger partial charge in [-0.25, -0.2) is 0 Å². The van der Waals surface area contributed by atoms with E-state index in [1.165, 1.54) is 10.8 Å². The van der Waals surface area contributed by atoms with Gasteiger partial charge in [-0.2, -0.15) is 6.07 Å². The molecule has 0 amide bonds. The fourth-order valence-electron chi connectivity index (χ4n) is 1.11. The van der Waals surface area contributed by atoms with Crippen LogP contribution in [0.1, 0.15) is 0 Å². The van der Waals surface area contributed by atoms with Crippen LogP contribution in [-0.4, -0.2) is 0 Å². The summed E-state index contributed by atoms with van der Waals surface area (Å²) in [6.07, 6.45) is 0. The second kappa shape index (κ2) is 9.83. The first-order valence-corrected chi connectivity index (χ1v) is 3.96. The Hall–Kier alpha value is 1.63. The summed E-state index contributed by atoms with van der Waals surface area (Å²) in [6.45, 7) is 0. The van der Waals surface area contributed by atoms with Crippen LogP contribution in [0, 0.1) is 0 Å². The minimum Gasteiger partial charge on any atom is -1.00 e. The second-order valence-electron chi connectivity index (χ2n) is 2.30. The first kappa shape index (κ1) is 21.0. The van der Waals surface area contributed by atoms with Gasteiger partial charge < -0.3 is 50.9 Å². The van der Waals surface area contributed by atoms with Crippen LogP contribution in [0.2, 0.25) is 0 Å². The van der Waals surface area contributed by atoms with E-state index in [0.717, 1.165) is 4.47 Å². The predicted molar refractivity (Wildman–Crippen MR) is 47.2 cm³/mol. The van der Waals surface area contributed by atoms with Gasteiger partial charge in [-0.1, -0.05) is 26.5 Å². The molecule has 2 aromatic carbocycles. The molecule has 0 N–H and O–H groups in total. The first-order chi connectivity index (χ1) is 4.86. The molecule has 0 aromatic heterocycles. The smallest absolute Gasteiger partial charge is 1.00 e. The molecule has 0 aliphatic heterocycles.